The summed E-state index contributed by atoms with van der Waals surface area (Å²) >= 11 is 0. The second-order valence-corrected chi connectivity index (χ2v) is 8.34. The van der Waals surface area contributed by atoms with E-state index in [0.717, 1.165) is 32.0 Å². The third kappa shape index (κ3) is 6.32. The molecule has 0 aliphatic carbocycles. The molecule has 1 aromatic rings. The Balaban J connectivity index is 0.00000280. The van der Waals surface area contributed by atoms with Crippen LogP contribution in [0.25, 0.3) is 0 Å². The van der Waals surface area contributed by atoms with Gasteiger partial charge in [-0.25, -0.2) is 0 Å². The lowest BCUT2D eigenvalue weighted by molar-refractivity contribution is 0.167. The van der Waals surface area contributed by atoms with Crippen LogP contribution in [0.15, 0.2) is 29.3 Å². The van der Waals surface area contributed by atoms with E-state index in [-0.39, 0.29) is 24.0 Å². The van der Waals surface area contributed by atoms with Crippen molar-refractivity contribution >= 4 is 29.9 Å². The maximum Gasteiger partial charge on any atom is 0.191 e. The first kappa shape index (κ1) is 23.4. The third-order valence-electron chi connectivity index (χ3n) is 6.17. The minimum Gasteiger partial charge on any atom is -0.355 e. The first-order valence-corrected chi connectivity index (χ1v) is 10.6. The number of aliphatic imine (C=N–C) groups is 1. The molecule has 1 saturated heterocycles. The monoisotopic (exact) mass is 499 g/mol. The first-order valence-electron chi connectivity index (χ1n) is 10.6. The zero-order valence-electron chi connectivity index (χ0n) is 17.9. The Kier molecular flexibility index (Phi) is 9.50. The van der Waals surface area contributed by atoms with Gasteiger partial charge in [0.05, 0.1) is 0 Å². The standard InChI is InChI=1S/C22H37N5.HI/c1-17(2)26-13-10-21(11-14-26)25-22(23-4)24-15-18(3)27-12-9-19-7-5-6-8-20(19)16-27;/h5-8,17-18,21H,9-16H2,1-4H3,(H2,23,24,25);1H. The fraction of sp³-hybridized carbons (Fsp3) is 0.682. The van der Waals surface area contributed by atoms with Crippen LogP contribution >= 0.6 is 24.0 Å². The summed E-state index contributed by atoms with van der Waals surface area (Å²) in [5.41, 5.74) is 2.99. The maximum atomic E-state index is 4.45. The van der Waals surface area contributed by atoms with Gasteiger partial charge in [-0.15, -0.1) is 24.0 Å². The minimum absolute atomic E-state index is 0. The number of nitrogens with one attached hydrogen (secondary N) is 2. The van der Waals surface area contributed by atoms with Gasteiger partial charge >= 0.3 is 0 Å². The third-order valence-corrected chi connectivity index (χ3v) is 6.17. The predicted molar refractivity (Wildman–Crippen MR) is 130 cm³/mol. The van der Waals surface area contributed by atoms with Crippen LogP contribution < -0.4 is 10.6 Å². The van der Waals surface area contributed by atoms with E-state index in [2.05, 4.69) is 70.5 Å². The van der Waals surface area contributed by atoms with Crippen molar-refractivity contribution in [1.29, 1.82) is 0 Å². The van der Waals surface area contributed by atoms with Crippen LogP contribution in [0.1, 0.15) is 44.7 Å². The van der Waals surface area contributed by atoms with E-state index in [0.29, 0.717) is 18.1 Å². The van der Waals surface area contributed by atoms with Crippen molar-refractivity contribution < 1.29 is 0 Å². The van der Waals surface area contributed by atoms with Gasteiger partial charge in [0, 0.05) is 57.9 Å². The number of rotatable bonds is 5. The van der Waals surface area contributed by atoms with Gasteiger partial charge in [-0.1, -0.05) is 24.3 Å². The molecule has 0 amide bonds. The van der Waals surface area contributed by atoms with Crippen molar-refractivity contribution in [2.24, 2.45) is 4.99 Å². The van der Waals surface area contributed by atoms with Crippen molar-refractivity contribution in [2.75, 3.05) is 33.2 Å². The molecule has 2 N–H and O–H groups in total. The van der Waals surface area contributed by atoms with E-state index in [1.54, 1.807) is 0 Å². The Morgan fingerprint density at radius 1 is 1.07 bits per heavy atom. The molecule has 2 heterocycles. The van der Waals surface area contributed by atoms with Crippen LogP contribution in [0.2, 0.25) is 0 Å². The van der Waals surface area contributed by atoms with Gasteiger partial charge in [0.25, 0.3) is 0 Å². The van der Waals surface area contributed by atoms with E-state index >= 15 is 0 Å². The van der Waals surface area contributed by atoms with Gasteiger partial charge < -0.3 is 15.5 Å². The van der Waals surface area contributed by atoms with Crippen LogP contribution in [-0.2, 0) is 13.0 Å². The summed E-state index contributed by atoms with van der Waals surface area (Å²) in [7, 11) is 1.88. The molecule has 1 unspecified atom stereocenters. The van der Waals surface area contributed by atoms with Crippen molar-refractivity contribution in [2.45, 2.75) is 64.7 Å². The fourth-order valence-corrected chi connectivity index (χ4v) is 4.22. The molecule has 2 aliphatic heterocycles. The Bertz CT molecular complexity index is 625. The average molecular weight is 499 g/mol. The molecule has 6 heteroatoms. The molecule has 0 saturated carbocycles. The Morgan fingerprint density at radius 2 is 1.75 bits per heavy atom. The van der Waals surface area contributed by atoms with Crippen LogP contribution in [0.3, 0.4) is 0 Å². The molecule has 0 spiro atoms. The molecule has 0 bridgehead atoms. The normalized spacial score (nSPS) is 20.4. The zero-order chi connectivity index (χ0) is 19.2. The highest BCUT2D eigenvalue weighted by Crippen LogP contribution is 2.20. The van der Waals surface area contributed by atoms with Crippen molar-refractivity contribution in [1.82, 2.24) is 20.4 Å². The Labute approximate surface area is 188 Å². The number of benzene rings is 1. The number of nitrogens with zero attached hydrogens (tertiary/aromatic N) is 3. The summed E-state index contributed by atoms with van der Waals surface area (Å²) < 4.78 is 0. The smallest absolute Gasteiger partial charge is 0.191 e. The van der Waals surface area contributed by atoms with Crippen molar-refractivity contribution in [3.8, 4) is 0 Å². The number of halogens is 1. The van der Waals surface area contributed by atoms with Crippen molar-refractivity contribution in [3.63, 3.8) is 0 Å². The molecule has 1 aromatic carbocycles. The predicted octanol–water partition coefficient (Wildman–Crippen LogP) is 3.09. The van der Waals surface area contributed by atoms with Gasteiger partial charge in [-0.3, -0.25) is 9.89 Å². The lowest BCUT2D eigenvalue weighted by Gasteiger charge is -2.36. The van der Waals surface area contributed by atoms with E-state index < -0.39 is 0 Å². The largest absolute Gasteiger partial charge is 0.355 e. The van der Waals surface area contributed by atoms with E-state index in [1.165, 1.54) is 37.1 Å². The molecule has 1 atom stereocenters. The van der Waals surface area contributed by atoms with Crippen LogP contribution in [0, 0.1) is 0 Å². The highest BCUT2D eigenvalue weighted by Gasteiger charge is 2.23. The van der Waals surface area contributed by atoms with Gasteiger partial charge in [-0.05, 0) is 51.2 Å². The number of hydrogen-bond acceptors (Lipinski definition) is 3. The van der Waals surface area contributed by atoms with Crippen LogP contribution in [-0.4, -0.2) is 67.1 Å². The summed E-state index contributed by atoms with van der Waals surface area (Å²) in [6.45, 7) is 12.4. The highest BCUT2D eigenvalue weighted by atomic mass is 127. The van der Waals surface area contributed by atoms with E-state index in [1.807, 2.05) is 7.05 Å². The summed E-state index contributed by atoms with van der Waals surface area (Å²) in [6.07, 6.45) is 3.54. The van der Waals surface area contributed by atoms with Gasteiger partial charge in [0.1, 0.15) is 0 Å². The van der Waals surface area contributed by atoms with Gasteiger partial charge in [0.2, 0.25) is 0 Å². The number of likely N-dealkylation sites (tertiary alicyclic amines) is 1. The van der Waals surface area contributed by atoms with Crippen LogP contribution in [0.4, 0.5) is 0 Å². The van der Waals surface area contributed by atoms with Crippen LogP contribution in [0.5, 0.6) is 0 Å². The summed E-state index contributed by atoms with van der Waals surface area (Å²) in [5.74, 6) is 0.947. The number of hydrogen-bond donors (Lipinski definition) is 2. The lowest BCUT2D eigenvalue weighted by Crippen LogP contribution is -2.52. The Hall–Kier alpha value is -0.860. The fourth-order valence-electron chi connectivity index (χ4n) is 4.22. The van der Waals surface area contributed by atoms with E-state index in [9.17, 15) is 0 Å². The Morgan fingerprint density at radius 3 is 2.39 bits per heavy atom. The number of guanidine groups is 1. The summed E-state index contributed by atoms with van der Waals surface area (Å²) in [4.78, 5) is 9.58. The van der Waals surface area contributed by atoms with Gasteiger partial charge in [-0.2, -0.15) is 0 Å². The molecular formula is C22H38IN5. The molecule has 1 fully saturated rings. The molecule has 0 radical (unpaired) electrons. The lowest BCUT2D eigenvalue weighted by atomic mass is 9.99. The maximum absolute atomic E-state index is 4.45. The molecule has 28 heavy (non-hydrogen) atoms. The molecule has 0 aromatic heterocycles. The first-order chi connectivity index (χ1) is 13.1. The second-order valence-electron chi connectivity index (χ2n) is 8.34. The second kappa shape index (κ2) is 11.4. The molecular weight excluding hydrogens is 461 g/mol. The number of fused-ring (bicyclic) bond motifs is 1. The van der Waals surface area contributed by atoms with Crippen molar-refractivity contribution in [3.05, 3.63) is 35.4 Å². The molecule has 5 nitrogen and oxygen atoms in total. The average Bonchev–Trinajstić information content (AvgIpc) is 2.70. The zero-order valence-corrected chi connectivity index (χ0v) is 20.3. The SMILES string of the molecule is CN=C(NCC(C)N1CCc2ccccc2C1)NC1CCN(C(C)C)CC1.I. The molecule has 158 valence electrons. The highest BCUT2D eigenvalue weighted by molar-refractivity contribution is 14.0. The quantitative estimate of drug-likeness (QED) is 0.372. The van der Waals surface area contributed by atoms with E-state index in [4.69, 9.17) is 0 Å². The molecule has 2 aliphatic rings. The number of piperidine rings is 1. The molecule has 3 rings (SSSR count). The minimum atomic E-state index is 0. The topological polar surface area (TPSA) is 42.9 Å². The van der Waals surface area contributed by atoms with Gasteiger partial charge in [0.15, 0.2) is 5.96 Å². The summed E-state index contributed by atoms with van der Waals surface area (Å²) in [6, 6.07) is 10.5. The summed E-state index contributed by atoms with van der Waals surface area (Å²) in [5, 5.41) is 7.19.